The summed E-state index contributed by atoms with van der Waals surface area (Å²) in [6.45, 7) is 1.23. The third-order valence-electron chi connectivity index (χ3n) is 8.08. The van der Waals surface area contributed by atoms with Gasteiger partial charge >= 0.3 is 0 Å². The fourth-order valence-electron chi connectivity index (χ4n) is 5.65. The van der Waals surface area contributed by atoms with Gasteiger partial charge in [0, 0.05) is 21.3 Å². The molecule has 244 valence electrons. The molecule has 5 rings (SSSR count). The normalized spacial score (nSPS) is 30.3. The Morgan fingerprint density at radius 3 is 1.60 bits per heavy atom. The van der Waals surface area contributed by atoms with E-state index in [2.05, 4.69) is 0 Å². The molecule has 2 saturated heterocycles. The highest BCUT2D eigenvalue weighted by atomic mass is 16.7. The van der Waals surface area contributed by atoms with E-state index in [1.54, 1.807) is 0 Å². The van der Waals surface area contributed by atoms with Gasteiger partial charge in [-0.1, -0.05) is 91.0 Å². The second-order valence-electron chi connectivity index (χ2n) is 11.1. The van der Waals surface area contributed by atoms with Crippen molar-refractivity contribution >= 4 is 0 Å². The van der Waals surface area contributed by atoms with E-state index in [1.165, 1.54) is 21.3 Å². The Morgan fingerprint density at radius 2 is 1.09 bits per heavy atom. The van der Waals surface area contributed by atoms with Gasteiger partial charge in [-0.05, 0) is 16.7 Å². The van der Waals surface area contributed by atoms with Gasteiger partial charge in [-0.25, -0.2) is 0 Å². The Bertz CT molecular complexity index is 1230. The summed E-state index contributed by atoms with van der Waals surface area (Å²) in [4.78, 5) is 0. The van der Waals surface area contributed by atoms with Crippen LogP contribution in [0.3, 0.4) is 0 Å². The first-order valence-electron chi connectivity index (χ1n) is 15.2. The van der Waals surface area contributed by atoms with Gasteiger partial charge in [-0.3, -0.25) is 0 Å². The highest BCUT2D eigenvalue weighted by Gasteiger charge is 2.48. The first-order valence-corrected chi connectivity index (χ1v) is 15.2. The van der Waals surface area contributed by atoms with Crippen molar-refractivity contribution < 1.29 is 47.7 Å². The third kappa shape index (κ3) is 8.96. The van der Waals surface area contributed by atoms with E-state index < -0.39 is 55.3 Å². The van der Waals surface area contributed by atoms with Crippen LogP contribution in [0.4, 0.5) is 0 Å². The van der Waals surface area contributed by atoms with Crippen molar-refractivity contribution in [2.75, 3.05) is 34.5 Å². The summed E-state index contributed by atoms with van der Waals surface area (Å²) in [6, 6.07) is 29.8. The van der Waals surface area contributed by atoms with Crippen LogP contribution in [0.15, 0.2) is 91.0 Å². The molecule has 10 heteroatoms. The zero-order chi connectivity index (χ0) is 31.4. The van der Waals surface area contributed by atoms with Crippen molar-refractivity contribution in [2.24, 2.45) is 0 Å². The summed E-state index contributed by atoms with van der Waals surface area (Å²) < 4.78 is 54.6. The Morgan fingerprint density at radius 1 is 0.578 bits per heavy atom. The van der Waals surface area contributed by atoms with Gasteiger partial charge in [0.25, 0.3) is 0 Å². The SMILES string of the molecule is CO[C@H]1O[C@H](CO[C@@H]2OC[C@H](OCc3ccccc3)[C@H](OCc3ccccc3)[C@H]2OCc2ccccc2)[C@@H](O)[C@H](OC)[C@H]1OC. The summed E-state index contributed by atoms with van der Waals surface area (Å²) in [5.41, 5.74) is 3.05. The zero-order valence-corrected chi connectivity index (χ0v) is 26.0. The van der Waals surface area contributed by atoms with E-state index in [-0.39, 0.29) is 13.2 Å². The van der Waals surface area contributed by atoms with Crippen molar-refractivity contribution in [1.82, 2.24) is 0 Å². The number of rotatable bonds is 15. The van der Waals surface area contributed by atoms with Crippen molar-refractivity contribution in [3.8, 4) is 0 Å². The number of ether oxygens (including phenoxy) is 9. The quantitative estimate of drug-likeness (QED) is 0.268. The van der Waals surface area contributed by atoms with Crippen LogP contribution >= 0.6 is 0 Å². The van der Waals surface area contributed by atoms with Crippen molar-refractivity contribution in [1.29, 1.82) is 0 Å². The van der Waals surface area contributed by atoms with Gasteiger partial charge < -0.3 is 47.7 Å². The molecule has 45 heavy (non-hydrogen) atoms. The molecule has 0 radical (unpaired) electrons. The number of benzene rings is 3. The summed E-state index contributed by atoms with van der Waals surface area (Å²) in [7, 11) is 4.55. The van der Waals surface area contributed by atoms with Crippen LogP contribution in [0.1, 0.15) is 16.7 Å². The van der Waals surface area contributed by atoms with Gasteiger partial charge in [-0.2, -0.15) is 0 Å². The van der Waals surface area contributed by atoms with Crippen LogP contribution in [0, 0.1) is 0 Å². The molecule has 2 aliphatic heterocycles. The lowest BCUT2D eigenvalue weighted by Crippen LogP contribution is -2.61. The molecule has 2 heterocycles. The molecule has 3 aromatic rings. The Balaban J connectivity index is 1.35. The molecule has 0 bridgehead atoms. The lowest BCUT2D eigenvalue weighted by molar-refractivity contribution is -0.330. The molecule has 1 N–H and O–H groups in total. The van der Waals surface area contributed by atoms with E-state index >= 15 is 0 Å². The molecule has 2 aliphatic rings. The molecular formula is C35H44O10. The molecule has 3 aromatic carbocycles. The van der Waals surface area contributed by atoms with E-state index in [9.17, 15) is 5.11 Å². The number of hydrogen-bond donors (Lipinski definition) is 1. The average Bonchev–Trinajstić information content (AvgIpc) is 3.09. The van der Waals surface area contributed by atoms with E-state index in [0.29, 0.717) is 19.8 Å². The standard InChI is InChI=1S/C35H44O10/c1-37-31-29(36)27(45-34(39-3)32(31)38-2)22-43-35-33(42-21-26-17-11-6-12-18-26)30(41-20-25-15-9-5-10-16-25)28(23-44-35)40-19-24-13-7-4-8-14-24/h4-18,27-36H,19-23H2,1-3H3/t27-,28+,29-,30+,31+,32-,33-,34+,35-/m1/s1. The van der Waals surface area contributed by atoms with Gasteiger partial charge in [0.15, 0.2) is 12.6 Å². The molecule has 0 amide bonds. The summed E-state index contributed by atoms with van der Waals surface area (Å²) >= 11 is 0. The fourth-order valence-corrected chi connectivity index (χ4v) is 5.65. The zero-order valence-electron chi connectivity index (χ0n) is 26.0. The number of methoxy groups -OCH3 is 3. The van der Waals surface area contributed by atoms with Crippen molar-refractivity contribution in [2.45, 2.75) is 75.1 Å². The molecule has 9 atom stereocenters. The Labute approximate surface area is 265 Å². The van der Waals surface area contributed by atoms with Crippen LogP contribution in [0.2, 0.25) is 0 Å². The maximum absolute atomic E-state index is 11.1. The Kier molecular flexibility index (Phi) is 12.9. The molecule has 0 unspecified atom stereocenters. The third-order valence-corrected chi connectivity index (χ3v) is 8.08. The molecule has 0 aromatic heterocycles. The Hall–Kier alpha value is -2.74. The first kappa shape index (κ1) is 33.6. The second kappa shape index (κ2) is 17.3. The van der Waals surface area contributed by atoms with Crippen LogP contribution in [-0.2, 0) is 62.5 Å². The largest absolute Gasteiger partial charge is 0.387 e. The molecule has 0 saturated carbocycles. The minimum absolute atomic E-state index is 0.0197. The smallest absolute Gasteiger partial charge is 0.186 e. The highest BCUT2D eigenvalue weighted by Crippen LogP contribution is 2.30. The van der Waals surface area contributed by atoms with Crippen LogP contribution in [0.25, 0.3) is 0 Å². The van der Waals surface area contributed by atoms with Crippen LogP contribution in [-0.4, -0.2) is 95.0 Å². The maximum Gasteiger partial charge on any atom is 0.186 e. The topological polar surface area (TPSA) is 103 Å². The van der Waals surface area contributed by atoms with E-state index in [1.807, 2.05) is 91.0 Å². The van der Waals surface area contributed by atoms with Gasteiger partial charge in [0.05, 0.1) is 33.0 Å². The predicted molar refractivity (Wildman–Crippen MR) is 164 cm³/mol. The van der Waals surface area contributed by atoms with Crippen LogP contribution in [0.5, 0.6) is 0 Å². The minimum Gasteiger partial charge on any atom is -0.387 e. The van der Waals surface area contributed by atoms with Crippen molar-refractivity contribution in [3.05, 3.63) is 108 Å². The monoisotopic (exact) mass is 624 g/mol. The molecule has 2 fully saturated rings. The molecule has 0 spiro atoms. The summed E-state index contributed by atoms with van der Waals surface area (Å²) in [6.07, 6.45) is -6.36. The van der Waals surface area contributed by atoms with Gasteiger partial charge in [0.1, 0.15) is 42.7 Å². The second-order valence-corrected chi connectivity index (χ2v) is 11.1. The van der Waals surface area contributed by atoms with Gasteiger partial charge in [-0.15, -0.1) is 0 Å². The molecule has 0 aliphatic carbocycles. The maximum atomic E-state index is 11.1. The lowest BCUT2D eigenvalue weighted by atomic mass is 9.98. The van der Waals surface area contributed by atoms with E-state index in [0.717, 1.165) is 16.7 Å². The number of hydrogen-bond acceptors (Lipinski definition) is 10. The highest BCUT2D eigenvalue weighted by molar-refractivity contribution is 5.15. The number of aliphatic hydroxyl groups is 1. The average molecular weight is 625 g/mol. The molecular weight excluding hydrogens is 580 g/mol. The van der Waals surface area contributed by atoms with Gasteiger partial charge in [0.2, 0.25) is 0 Å². The summed E-state index contributed by atoms with van der Waals surface area (Å²) in [5.74, 6) is 0. The fraction of sp³-hybridized carbons (Fsp3) is 0.486. The summed E-state index contributed by atoms with van der Waals surface area (Å²) in [5, 5.41) is 11.1. The van der Waals surface area contributed by atoms with E-state index in [4.69, 9.17) is 42.6 Å². The molecule has 10 nitrogen and oxygen atoms in total. The minimum atomic E-state index is -1.04. The van der Waals surface area contributed by atoms with Crippen LogP contribution < -0.4 is 0 Å². The predicted octanol–water partition coefficient (Wildman–Crippen LogP) is 3.88. The lowest BCUT2D eigenvalue weighted by Gasteiger charge is -2.44. The number of aliphatic hydroxyl groups excluding tert-OH is 1. The first-order chi connectivity index (χ1) is 22.1. The van der Waals surface area contributed by atoms with Crippen molar-refractivity contribution in [3.63, 3.8) is 0 Å².